The number of rotatable bonds is 4. The molecule has 1 unspecified atom stereocenters. The molecule has 0 radical (unpaired) electrons. The molecule has 0 aliphatic carbocycles. The van der Waals surface area contributed by atoms with Gasteiger partial charge in [-0.25, -0.2) is 13.1 Å². The Balaban J connectivity index is 1.55. The lowest BCUT2D eigenvalue weighted by Crippen LogP contribution is -2.49. The van der Waals surface area contributed by atoms with Crippen molar-refractivity contribution in [1.29, 1.82) is 0 Å². The Labute approximate surface area is 170 Å². The number of hydrogen-bond acceptors (Lipinski definition) is 6. The van der Waals surface area contributed by atoms with Crippen molar-refractivity contribution in [2.45, 2.75) is 37.6 Å². The summed E-state index contributed by atoms with van der Waals surface area (Å²) in [5.41, 5.74) is 1.36. The SMILES string of the molecule is CC(C)n1nnc2cc(S(=O)(=O)N3CCCC(C(=O)N4CCOCC4)C3)ccc21. The molecule has 0 bridgehead atoms. The van der Waals surface area contributed by atoms with Crippen LogP contribution in [0.3, 0.4) is 0 Å². The molecule has 2 aliphatic heterocycles. The quantitative estimate of drug-likeness (QED) is 0.738. The summed E-state index contributed by atoms with van der Waals surface area (Å²) in [6, 6.07) is 5.07. The van der Waals surface area contributed by atoms with Crippen LogP contribution >= 0.6 is 0 Å². The Morgan fingerprint density at radius 2 is 1.97 bits per heavy atom. The lowest BCUT2D eigenvalue weighted by molar-refractivity contribution is -0.140. The van der Waals surface area contributed by atoms with Gasteiger partial charge in [0.25, 0.3) is 0 Å². The third kappa shape index (κ3) is 3.88. The highest BCUT2D eigenvalue weighted by Crippen LogP contribution is 2.27. The lowest BCUT2D eigenvalue weighted by Gasteiger charge is -2.35. The topological polar surface area (TPSA) is 97.6 Å². The van der Waals surface area contributed by atoms with Crippen LogP contribution in [0, 0.1) is 5.92 Å². The first kappa shape index (κ1) is 20.2. The molecule has 1 atom stereocenters. The Bertz CT molecular complexity index is 997. The standard InChI is InChI=1S/C19H27N5O4S/c1-14(2)24-18-6-5-16(12-17(18)20-21-24)29(26,27)23-7-3-4-15(13-23)19(25)22-8-10-28-11-9-22/h5-6,12,14-15H,3-4,7-11,13H2,1-2H3. The molecule has 2 saturated heterocycles. The van der Waals surface area contributed by atoms with Crippen LogP contribution in [0.15, 0.2) is 23.1 Å². The van der Waals surface area contributed by atoms with Crippen molar-refractivity contribution in [3.05, 3.63) is 18.2 Å². The van der Waals surface area contributed by atoms with E-state index < -0.39 is 10.0 Å². The Hall–Kier alpha value is -2.04. The third-order valence-corrected chi connectivity index (χ3v) is 7.49. The van der Waals surface area contributed by atoms with Crippen LogP contribution in [0.1, 0.15) is 32.7 Å². The van der Waals surface area contributed by atoms with E-state index in [0.29, 0.717) is 51.2 Å². The Kier molecular flexibility index (Phi) is 5.58. The number of fused-ring (bicyclic) bond motifs is 1. The first-order valence-corrected chi connectivity index (χ1v) is 11.5. The molecule has 2 aromatic rings. The van der Waals surface area contributed by atoms with Gasteiger partial charge in [0.15, 0.2) is 0 Å². The zero-order valence-electron chi connectivity index (χ0n) is 16.8. The zero-order valence-corrected chi connectivity index (χ0v) is 17.6. The molecule has 1 amide bonds. The highest BCUT2D eigenvalue weighted by Gasteiger charge is 2.35. The van der Waals surface area contributed by atoms with Crippen LogP contribution in [-0.4, -0.2) is 77.9 Å². The van der Waals surface area contributed by atoms with Crippen molar-refractivity contribution < 1.29 is 17.9 Å². The number of amides is 1. The van der Waals surface area contributed by atoms with Gasteiger partial charge < -0.3 is 9.64 Å². The van der Waals surface area contributed by atoms with Gasteiger partial charge in [-0.1, -0.05) is 5.21 Å². The molecule has 3 heterocycles. The van der Waals surface area contributed by atoms with Crippen molar-refractivity contribution in [2.75, 3.05) is 39.4 Å². The summed E-state index contributed by atoms with van der Waals surface area (Å²) in [5, 5.41) is 8.24. The first-order valence-electron chi connectivity index (χ1n) is 10.1. The molecule has 0 N–H and O–H groups in total. The maximum absolute atomic E-state index is 13.2. The molecule has 9 nitrogen and oxygen atoms in total. The number of aromatic nitrogens is 3. The molecule has 1 aromatic heterocycles. The van der Waals surface area contributed by atoms with Gasteiger partial charge in [-0.05, 0) is 44.9 Å². The largest absolute Gasteiger partial charge is 0.378 e. The number of ether oxygens (including phenoxy) is 1. The number of piperidine rings is 1. The number of carbonyl (C=O) groups is 1. The second-order valence-corrected chi connectivity index (χ2v) is 9.86. The molecular formula is C19H27N5O4S. The fraction of sp³-hybridized carbons (Fsp3) is 0.632. The normalized spacial score (nSPS) is 21.8. The monoisotopic (exact) mass is 421 g/mol. The van der Waals surface area contributed by atoms with Gasteiger partial charge in [-0.2, -0.15) is 4.31 Å². The smallest absolute Gasteiger partial charge is 0.243 e. The fourth-order valence-corrected chi connectivity index (χ4v) is 5.56. The van der Waals surface area contributed by atoms with Gasteiger partial charge in [-0.3, -0.25) is 4.79 Å². The Morgan fingerprint density at radius 1 is 1.21 bits per heavy atom. The third-order valence-electron chi connectivity index (χ3n) is 5.63. The van der Waals surface area contributed by atoms with E-state index in [0.717, 1.165) is 5.52 Å². The van der Waals surface area contributed by atoms with Gasteiger partial charge >= 0.3 is 0 Å². The minimum Gasteiger partial charge on any atom is -0.378 e. The van der Waals surface area contributed by atoms with Crippen LogP contribution < -0.4 is 0 Å². The van der Waals surface area contributed by atoms with Crippen LogP contribution in [0.2, 0.25) is 0 Å². The van der Waals surface area contributed by atoms with E-state index in [1.165, 1.54) is 4.31 Å². The number of benzene rings is 1. The molecule has 10 heteroatoms. The van der Waals surface area contributed by atoms with E-state index in [9.17, 15) is 13.2 Å². The number of hydrogen-bond donors (Lipinski definition) is 0. The maximum atomic E-state index is 13.2. The van der Waals surface area contributed by atoms with Crippen LogP contribution in [-0.2, 0) is 19.6 Å². The molecule has 1 aromatic carbocycles. The minimum absolute atomic E-state index is 0.0310. The number of nitrogens with zero attached hydrogens (tertiary/aromatic N) is 5. The zero-order chi connectivity index (χ0) is 20.6. The van der Waals surface area contributed by atoms with Crippen LogP contribution in [0.25, 0.3) is 11.0 Å². The molecule has 158 valence electrons. The highest BCUT2D eigenvalue weighted by molar-refractivity contribution is 7.89. The maximum Gasteiger partial charge on any atom is 0.243 e. The molecular weight excluding hydrogens is 394 g/mol. The second kappa shape index (κ2) is 8.00. The summed E-state index contributed by atoms with van der Waals surface area (Å²) in [4.78, 5) is 14.8. The molecule has 4 rings (SSSR count). The van der Waals surface area contributed by atoms with E-state index >= 15 is 0 Å². The number of sulfonamides is 1. The summed E-state index contributed by atoms with van der Waals surface area (Å²) in [6.45, 7) is 6.86. The van der Waals surface area contributed by atoms with E-state index in [2.05, 4.69) is 10.3 Å². The first-order chi connectivity index (χ1) is 13.9. The van der Waals surface area contributed by atoms with E-state index in [-0.39, 0.29) is 29.3 Å². The number of carbonyl (C=O) groups excluding carboxylic acids is 1. The van der Waals surface area contributed by atoms with Gasteiger partial charge in [0, 0.05) is 32.2 Å². The molecule has 0 spiro atoms. The van der Waals surface area contributed by atoms with Crippen LogP contribution in [0.5, 0.6) is 0 Å². The Morgan fingerprint density at radius 3 is 2.69 bits per heavy atom. The summed E-state index contributed by atoms with van der Waals surface area (Å²) >= 11 is 0. The summed E-state index contributed by atoms with van der Waals surface area (Å²) < 4.78 is 35.0. The predicted molar refractivity (Wildman–Crippen MR) is 107 cm³/mol. The molecule has 2 fully saturated rings. The van der Waals surface area contributed by atoms with Gasteiger partial charge in [0.2, 0.25) is 15.9 Å². The molecule has 2 aliphatic rings. The summed E-state index contributed by atoms with van der Waals surface area (Å²) in [6.07, 6.45) is 1.38. The van der Waals surface area contributed by atoms with Gasteiger partial charge in [-0.15, -0.1) is 5.10 Å². The number of morpholine rings is 1. The van der Waals surface area contributed by atoms with Crippen molar-refractivity contribution >= 4 is 27.0 Å². The predicted octanol–water partition coefficient (Wildman–Crippen LogP) is 1.27. The van der Waals surface area contributed by atoms with Crippen molar-refractivity contribution in [2.24, 2.45) is 5.92 Å². The van der Waals surface area contributed by atoms with Gasteiger partial charge in [0.05, 0.1) is 29.5 Å². The highest BCUT2D eigenvalue weighted by atomic mass is 32.2. The van der Waals surface area contributed by atoms with E-state index in [1.807, 2.05) is 13.8 Å². The average molecular weight is 422 g/mol. The van der Waals surface area contributed by atoms with Crippen LogP contribution in [0.4, 0.5) is 0 Å². The van der Waals surface area contributed by atoms with Crippen molar-refractivity contribution in [1.82, 2.24) is 24.2 Å². The lowest BCUT2D eigenvalue weighted by atomic mass is 9.98. The van der Waals surface area contributed by atoms with Gasteiger partial charge in [0.1, 0.15) is 5.52 Å². The minimum atomic E-state index is -3.70. The van der Waals surface area contributed by atoms with E-state index in [1.54, 1.807) is 27.8 Å². The molecule has 29 heavy (non-hydrogen) atoms. The average Bonchev–Trinajstić information content (AvgIpc) is 3.17. The fourth-order valence-electron chi connectivity index (χ4n) is 4.02. The second-order valence-electron chi connectivity index (χ2n) is 7.92. The summed E-state index contributed by atoms with van der Waals surface area (Å²) in [5.74, 6) is -0.272. The molecule has 0 saturated carbocycles. The summed E-state index contributed by atoms with van der Waals surface area (Å²) in [7, 11) is -3.70. The van der Waals surface area contributed by atoms with Crippen molar-refractivity contribution in [3.8, 4) is 0 Å². The van der Waals surface area contributed by atoms with E-state index in [4.69, 9.17) is 4.74 Å². The van der Waals surface area contributed by atoms with Crippen molar-refractivity contribution in [3.63, 3.8) is 0 Å².